The van der Waals surface area contributed by atoms with E-state index in [1.54, 1.807) is 6.08 Å². The standard InChI is InChI=1S/C39H70O14P2/c1-4-5-20-26-35(40)27-22-17-13-9-7-6-8-10-14-19-24-29-39(43)53-37(33-52-55(47,48)51-31-36(41)30-50-54(44,45)46)32-49-38(42)28-23-18-15-11-12-16-21-25-34(2)3/h6-7,10,13-14,17,22,27,34-37,40-41H,4-5,8-9,11-12,15-16,18-21,23-26,28-33H2,1-3H3,(H,47,48)(H2,44,45,46)/b7-6-,14-10-,17-13-,27-22+/t35-,36-,37+/m0/s1. The van der Waals surface area contributed by atoms with Gasteiger partial charge in [0.1, 0.15) is 12.7 Å². The summed E-state index contributed by atoms with van der Waals surface area (Å²) in [6.45, 7) is 3.76. The SMILES string of the molecule is CCCCC[C@H](O)/C=C/C=C\C/C=C\C/C=C\CCCC(=O)O[C@H](COC(=O)CCCCCCCCCC(C)C)COP(=O)(O)OC[C@@H](O)COP(=O)(O)O. The van der Waals surface area contributed by atoms with Crippen molar-refractivity contribution in [3.05, 3.63) is 48.6 Å². The molecular formula is C39H70O14P2. The summed E-state index contributed by atoms with van der Waals surface area (Å²) in [6, 6.07) is 0. The number of rotatable bonds is 36. The molecule has 5 N–H and O–H groups in total. The first-order valence-electron chi connectivity index (χ1n) is 19.8. The lowest BCUT2D eigenvalue weighted by molar-refractivity contribution is -0.161. The summed E-state index contributed by atoms with van der Waals surface area (Å²) in [7, 11) is -9.70. The minimum Gasteiger partial charge on any atom is -0.462 e. The molecule has 0 radical (unpaired) electrons. The zero-order chi connectivity index (χ0) is 41.2. The largest absolute Gasteiger partial charge is 0.472 e. The molecule has 0 heterocycles. The van der Waals surface area contributed by atoms with E-state index in [1.165, 1.54) is 25.7 Å². The summed E-state index contributed by atoms with van der Waals surface area (Å²) in [5.74, 6) is -0.415. The topological polar surface area (TPSA) is 216 Å². The zero-order valence-corrected chi connectivity index (χ0v) is 35.1. The van der Waals surface area contributed by atoms with E-state index in [1.807, 2.05) is 42.5 Å². The molecule has 55 heavy (non-hydrogen) atoms. The predicted molar refractivity (Wildman–Crippen MR) is 213 cm³/mol. The van der Waals surface area contributed by atoms with Crippen molar-refractivity contribution in [3.63, 3.8) is 0 Å². The van der Waals surface area contributed by atoms with E-state index in [4.69, 9.17) is 23.8 Å². The second-order valence-electron chi connectivity index (χ2n) is 13.9. The molecule has 0 rings (SSSR count). The van der Waals surface area contributed by atoms with Crippen LogP contribution >= 0.6 is 15.6 Å². The number of phosphoric ester groups is 2. The first-order valence-corrected chi connectivity index (χ1v) is 22.8. The van der Waals surface area contributed by atoms with E-state index in [9.17, 15) is 33.8 Å². The van der Waals surface area contributed by atoms with Crippen LogP contribution in [0.15, 0.2) is 48.6 Å². The molecular weight excluding hydrogens is 754 g/mol. The van der Waals surface area contributed by atoms with Gasteiger partial charge in [0.15, 0.2) is 6.10 Å². The Kier molecular flexibility index (Phi) is 32.9. The van der Waals surface area contributed by atoms with Crippen molar-refractivity contribution in [1.29, 1.82) is 0 Å². The van der Waals surface area contributed by atoms with Gasteiger partial charge >= 0.3 is 27.6 Å². The maximum Gasteiger partial charge on any atom is 0.472 e. The van der Waals surface area contributed by atoms with Crippen LogP contribution in [0.1, 0.15) is 136 Å². The first kappa shape index (κ1) is 53.0. The second kappa shape index (κ2) is 34.1. The van der Waals surface area contributed by atoms with Crippen LogP contribution < -0.4 is 0 Å². The van der Waals surface area contributed by atoms with Crippen molar-refractivity contribution in [2.75, 3.05) is 26.4 Å². The summed E-state index contributed by atoms with van der Waals surface area (Å²) < 4.78 is 47.5. The molecule has 0 aromatic heterocycles. The number of phosphoric acid groups is 2. The number of hydrogen-bond donors (Lipinski definition) is 5. The first-order chi connectivity index (χ1) is 26.1. The van der Waals surface area contributed by atoms with Gasteiger partial charge in [-0.3, -0.25) is 23.2 Å². The summed E-state index contributed by atoms with van der Waals surface area (Å²) in [5.41, 5.74) is 0. The van der Waals surface area contributed by atoms with Crippen LogP contribution in [-0.2, 0) is 41.8 Å². The number of allylic oxidation sites excluding steroid dienone is 7. The summed E-state index contributed by atoms with van der Waals surface area (Å²) in [6.07, 6.45) is 27.6. The van der Waals surface area contributed by atoms with Crippen molar-refractivity contribution in [2.24, 2.45) is 5.92 Å². The number of carbonyl (C=O) groups is 2. The van der Waals surface area contributed by atoms with Gasteiger partial charge in [-0.05, 0) is 44.4 Å². The zero-order valence-electron chi connectivity index (χ0n) is 33.3. The number of esters is 2. The van der Waals surface area contributed by atoms with E-state index < -0.39 is 72.3 Å². The van der Waals surface area contributed by atoms with E-state index in [0.29, 0.717) is 25.2 Å². The highest BCUT2D eigenvalue weighted by atomic mass is 31.2. The Hall–Kier alpha value is -1.96. The number of carbonyl (C=O) groups excluding carboxylic acids is 2. The lowest BCUT2D eigenvalue weighted by Crippen LogP contribution is -2.29. The Morgan fingerprint density at radius 3 is 1.89 bits per heavy atom. The van der Waals surface area contributed by atoms with Crippen molar-refractivity contribution < 1.29 is 66.7 Å². The Labute approximate surface area is 329 Å². The Morgan fingerprint density at radius 2 is 1.22 bits per heavy atom. The highest BCUT2D eigenvalue weighted by molar-refractivity contribution is 7.47. The number of aliphatic hydroxyl groups is 2. The van der Waals surface area contributed by atoms with Gasteiger partial charge in [0.05, 0.1) is 25.9 Å². The summed E-state index contributed by atoms with van der Waals surface area (Å²) in [4.78, 5) is 52.4. The minimum absolute atomic E-state index is 0.0345. The average molecular weight is 825 g/mol. The molecule has 16 heteroatoms. The lowest BCUT2D eigenvalue weighted by atomic mass is 10.0. The Bertz CT molecular complexity index is 1200. The van der Waals surface area contributed by atoms with E-state index in [-0.39, 0.29) is 12.8 Å². The fourth-order valence-electron chi connectivity index (χ4n) is 4.93. The fraction of sp³-hybridized carbons (Fsp3) is 0.744. The fourth-order valence-corrected chi connectivity index (χ4v) is 6.08. The molecule has 0 aromatic carbocycles. The van der Waals surface area contributed by atoms with Gasteiger partial charge in [-0.25, -0.2) is 9.13 Å². The highest BCUT2D eigenvalue weighted by Crippen LogP contribution is 2.43. The molecule has 0 spiro atoms. The molecule has 320 valence electrons. The lowest BCUT2D eigenvalue weighted by Gasteiger charge is -2.20. The molecule has 0 aliphatic carbocycles. The van der Waals surface area contributed by atoms with E-state index in [0.717, 1.165) is 57.8 Å². The van der Waals surface area contributed by atoms with Crippen LogP contribution in [0.3, 0.4) is 0 Å². The van der Waals surface area contributed by atoms with Crippen molar-refractivity contribution >= 4 is 27.6 Å². The van der Waals surface area contributed by atoms with Gasteiger partial charge in [-0.2, -0.15) is 0 Å². The maximum absolute atomic E-state index is 12.6. The van der Waals surface area contributed by atoms with Gasteiger partial charge in [0.2, 0.25) is 0 Å². The van der Waals surface area contributed by atoms with Crippen molar-refractivity contribution in [2.45, 2.75) is 155 Å². The Morgan fingerprint density at radius 1 is 0.636 bits per heavy atom. The van der Waals surface area contributed by atoms with Crippen LogP contribution in [0.2, 0.25) is 0 Å². The minimum atomic E-state index is -4.87. The number of hydrogen-bond acceptors (Lipinski definition) is 11. The molecule has 0 aliphatic rings. The van der Waals surface area contributed by atoms with Crippen LogP contribution in [0.4, 0.5) is 0 Å². The normalized spacial score (nSPS) is 15.4. The molecule has 4 atom stereocenters. The second-order valence-corrected chi connectivity index (χ2v) is 16.6. The number of aliphatic hydroxyl groups excluding tert-OH is 2. The van der Waals surface area contributed by atoms with Crippen LogP contribution in [0, 0.1) is 5.92 Å². The average Bonchev–Trinajstić information content (AvgIpc) is 3.12. The smallest absolute Gasteiger partial charge is 0.462 e. The molecule has 0 fully saturated rings. The van der Waals surface area contributed by atoms with Crippen molar-refractivity contribution in [1.82, 2.24) is 0 Å². The molecule has 0 amide bonds. The monoisotopic (exact) mass is 824 g/mol. The number of ether oxygens (including phenoxy) is 2. The van der Waals surface area contributed by atoms with Gasteiger partial charge in [0, 0.05) is 12.8 Å². The molecule has 0 aromatic rings. The van der Waals surface area contributed by atoms with E-state index >= 15 is 0 Å². The molecule has 0 aliphatic heterocycles. The third-order valence-corrected chi connectivity index (χ3v) is 9.43. The van der Waals surface area contributed by atoms with Gasteiger partial charge in [-0.1, -0.05) is 134 Å². The third-order valence-electron chi connectivity index (χ3n) is 7.99. The molecule has 0 bridgehead atoms. The molecule has 14 nitrogen and oxygen atoms in total. The van der Waals surface area contributed by atoms with Gasteiger partial charge < -0.3 is 34.4 Å². The highest BCUT2D eigenvalue weighted by Gasteiger charge is 2.28. The van der Waals surface area contributed by atoms with Crippen molar-refractivity contribution in [3.8, 4) is 0 Å². The van der Waals surface area contributed by atoms with Crippen LogP contribution in [0.25, 0.3) is 0 Å². The predicted octanol–water partition coefficient (Wildman–Crippen LogP) is 8.33. The molecule has 0 saturated heterocycles. The number of unbranched alkanes of at least 4 members (excludes halogenated alkanes) is 9. The van der Waals surface area contributed by atoms with E-state index in [2.05, 4.69) is 29.8 Å². The molecule has 1 unspecified atom stereocenters. The third kappa shape index (κ3) is 38.7. The van der Waals surface area contributed by atoms with Gasteiger partial charge in [-0.15, -0.1) is 0 Å². The van der Waals surface area contributed by atoms with Crippen LogP contribution in [-0.4, -0.2) is 81.6 Å². The summed E-state index contributed by atoms with van der Waals surface area (Å²) >= 11 is 0. The Balaban J connectivity index is 4.71. The molecule has 0 saturated carbocycles. The maximum atomic E-state index is 12.6. The van der Waals surface area contributed by atoms with Gasteiger partial charge in [0.25, 0.3) is 0 Å². The summed E-state index contributed by atoms with van der Waals surface area (Å²) in [5, 5.41) is 19.6. The van der Waals surface area contributed by atoms with Crippen LogP contribution in [0.5, 0.6) is 0 Å². The quantitative estimate of drug-likeness (QED) is 0.0132.